The molecule has 1 atom stereocenters. The molecule has 0 aliphatic carbocycles. The summed E-state index contributed by atoms with van der Waals surface area (Å²) >= 11 is 6.28. The molecule has 24 heavy (non-hydrogen) atoms. The summed E-state index contributed by atoms with van der Waals surface area (Å²) in [5.74, 6) is -1.08. The van der Waals surface area contributed by atoms with Crippen molar-refractivity contribution >= 4 is 17.6 Å². The molecule has 124 valence electrons. The molecule has 6 nitrogen and oxygen atoms in total. The van der Waals surface area contributed by atoms with E-state index >= 15 is 0 Å². The summed E-state index contributed by atoms with van der Waals surface area (Å²) in [6.07, 6.45) is 0. The van der Waals surface area contributed by atoms with Crippen LogP contribution in [0.15, 0.2) is 51.0 Å². The Morgan fingerprint density at radius 3 is 2.71 bits per heavy atom. The zero-order valence-corrected chi connectivity index (χ0v) is 13.7. The Hall–Kier alpha value is -2.73. The van der Waals surface area contributed by atoms with Crippen LogP contribution in [0.25, 0.3) is 0 Å². The fourth-order valence-electron chi connectivity index (χ4n) is 2.75. The van der Waals surface area contributed by atoms with Gasteiger partial charge in [0.15, 0.2) is 0 Å². The number of hydrogen-bond acceptors (Lipinski definition) is 6. The number of benzene rings is 1. The minimum atomic E-state index is -0.841. The summed E-state index contributed by atoms with van der Waals surface area (Å²) in [6, 6.07) is 8.40. The zero-order valence-electron chi connectivity index (χ0n) is 13.0. The molecule has 0 bridgehead atoms. The van der Waals surface area contributed by atoms with Crippen molar-refractivity contribution in [2.24, 2.45) is 5.73 Å². The maximum absolute atomic E-state index is 12.4. The Labute approximate surface area is 142 Å². The van der Waals surface area contributed by atoms with Crippen molar-refractivity contribution in [1.82, 2.24) is 0 Å². The third kappa shape index (κ3) is 2.55. The van der Waals surface area contributed by atoms with E-state index in [1.165, 1.54) is 7.11 Å². The van der Waals surface area contributed by atoms with Gasteiger partial charge in [0.1, 0.15) is 17.1 Å². The van der Waals surface area contributed by atoms with Crippen LogP contribution in [0.1, 0.15) is 22.8 Å². The van der Waals surface area contributed by atoms with Crippen LogP contribution in [0, 0.1) is 6.92 Å². The summed E-state index contributed by atoms with van der Waals surface area (Å²) in [4.78, 5) is 24.7. The van der Waals surface area contributed by atoms with Gasteiger partial charge in [0.05, 0.1) is 18.6 Å². The highest BCUT2D eigenvalue weighted by atomic mass is 35.5. The first-order valence-electron chi connectivity index (χ1n) is 7.09. The number of nitrogens with two attached hydrogens (primary N) is 1. The number of halogens is 1. The van der Waals surface area contributed by atoms with Gasteiger partial charge >= 0.3 is 11.6 Å². The van der Waals surface area contributed by atoms with Gasteiger partial charge in [-0.05, 0) is 18.6 Å². The van der Waals surface area contributed by atoms with Crippen molar-refractivity contribution in [2.75, 3.05) is 7.11 Å². The highest BCUT2D eigenvalue weighted by Gasteiger charge is 2.39. The number of esters is 1. The second-order valence-corrected chi connectivity index (χ2v) is 5.66. The predicted molar refractivity (Wildman–Crippen MR) is 86.9 cm³/mol. The molecule has 2 heterocycles. The Kier molecular flexibility index (Phi) is 4.07. The van der Waals surface area contributed by atoms with Crippen LogP contribution >= 0.6 is 11.6 Å². The molecule has 3 rings (SSSR count). The van der Waals surface area contributed by atoms with Crippen LogP contribution in [0.2, 0.25) is 5.02 Å². The van der Waals surface area contributed by atoms with Crippen LogP contribution in [-0.4, -0.2) is 13.1 Å². The number of methoxy groups -OCH3 is 1. The van der Waals surface area contributed by atoms with Crippen LogP contribution < -0.4 is 16.1 Å². The molecule has 0 saturated heterocycles. The SMILES string of the molecule is COC(=O)C1=C(N)Oc2cc(C)oc(=O)c2[C@H]1c1ccccc1Cl. The molecule has 0 saturated carbocycles. The fraction of sp³-hybridized carbons (Fsp3) is 0.176. The average molecular weight is 348 g/mol. The van der Waals surface area contributed by atoms with Crippen LogP contribution in [-0.2, 0) is 9.53 Å². The summed E-state index contributed by atoms with van der Waals surface area (Å²) in [6.45, 7) is 1.62. The maximum Gasteiger partial charge on any atom is 0.343 e. The van der Waals surface area contributed by atoms with E-state index in [1.54, 1.807) is 37.3 Å². The molecule has 0 radical (unpaired) electrons. The zero-order chi connectivity index (χ0) is 17.4. The van der Waals surface area contributed by atoms with Gasteiger partial charge in [-0.15, -0.1) is 0 Å². The average Bonchev–Trinajstić information content (AvgIpc) is 2.53. The van der Waals surface area contributed by atoms with Gasteiger partial charge in [0.2, 0.25) is 5.88 Å². The highest BCUT2D eigenvalue weighted by molar-refractivity contribution is 6.31. The first kappa shape index (κ1) is 16.1. The molecule has 2 aromatic rings. The lowest BCUT2D eigenvalue weighted by Gasteiger charge is -2.27. The molecule has 1 aromatic carbocycles. The van der Waals surface area contributed by atoms with Gasteiger partial charge in [0, 0.05) is 11.1 Å². The van der Waals surface area contributed by atoms with Crippen molar-refractivity contribution in [3.8, 4) is 5.75 Å². The lowest BCUT2D eigenvalue weighted by atomic mass is 9.83. The van der Waals surface area contributed by atoms with E-state index in [-0.39, 0.29) is 22.8 Å². The van der Waals surface area contributed by atoms with Gasteiger partial charge in [0.25, 0.3) is 0 Å². The van der Waals surface area contributed by atoms with Crippen molar-refractivity contribution < 1.29 is 18.7 Å². The van der Waals surface area contributed by atoms with Gasteiger partial charge < -0.3 is 19.6 Å². The van der Waals surface area contributed by atoms with Crippen LogP contribution in [0.3, 0.4) is 0 Å². The van der Waals surface area contributed by atoms with Crippen LogP contribution in [0.5, 0.6) is 5.75 Å². The lowest BCUT2D eigenvalue weighted by Crippen LogP contribution is -2.30. The molecule has 0 amide bonds. The topological polar surface area (TPSA) is 91.8 Å². The first-order valence-corrected chi connectivity index (χ1v) is 7.46. The van der Waals surface area contributed by atoms with E-state index < -0.39 is 17.5 Å². The molecular weight excluding hydrogens is 334 g/mol. The maximum atomic E-state index is 12.4. The largest absolute Gasteiger partial charge is 0.465 e. The third-order valence-electron chi connectivity index (χ3n) is 3.76. The van der Waals surface area contributed by atoms with Crippen molar-refractivity contribution in [1.29, 1.82) is 0 Å². The first-order chi connectivity index (χ1) is 11.4. The molecule has 0 fully saturated rings. The standard InChI is InChI=1S/C17H14ClNO5/c1-8-7-11-13(17(21)23-8)12(9-5-3-4-6-10(9)18)14(15(19)24-11)16(20)22-2/h3-7,12H,19H2,1-2H3/t12-/m1/s1. The van der Waals surface area contributed by atoms with E-state index in [9.17, 15) is 9.59 Å². The number of ether oxygens (including phenoxy) is 2. The minimum absolute atomic E-state index is 0.00857. The minimum Gasteiger partial charge on any atom is -0.465 e. The summed E-state index contributed by atoms with van der Waals surface area (Å²) in [7, 11) is 1.22. The third-order valence-corrected chi connectivity index (χ3v) is 4.10. The number of carbonyl (C=O) groups is 1. The van der Waals surface area contributed by atoms with E-state index in [0.717, 1.165) is 0 Å². The van der Waals surface area contributed by atoms with E-state index in [1.807, 2.05) is 0 Å². The van der Waals surface area contributed by atoms with Gasteiger partial charge in [-0.2, -0.15) is 0 Å². The Balaban J connectivity index is 2.35. The lowest BCUT2D eigenvalue weighted by molar-refractivity contribution is -0.136. The molecule has 1 aliphatic heterocycles. The smallest absolute Gasteiger partial charge is 0.343 e. The van der Waals surface area contributed by atoms with Gasteiger partial charge in [-0.1, -0.05) is 29.8 Å². The molecule has 1 aliphatic rings. The van der Waals surface area contributed by atoms with Crippen LogP contribution in [0.4, 0.5) is 0 Å². The van der Waals surface area contributed by atoms with E-state index in [0.29, 0.717) is 16.3 Å². The Morgan fingerprint density at radius 1 is 1.33 bits per heavy atom. The molecule has 0 unspecified atom stereocenters. The Morgan fingerprint density at radius 2 is 2.04 bits per heavy atom. The predicted octanol–water partition coefficient (Wildman–Crippen LogP) is 2.47. The normalized spacial score (nSPS) is 16.4. The molecule has 0 spiro atoms. The summed E-state index contributed by atoms with van der Waals surface area (Å²) < 4.78 is 15.4. The molecule has 1 aromatic heterocycles. The summed E-state index contributed by atoms with van der Waals surface area (Å²) in [5, 5.41) is 0.379. The number of carbonyl (C=O) groups excluding carboxylic acids is 1. The van der Waals surface area contributed by atoms with Crippen molar-refractivity contribution in [3.63, 3.8) is 0 Å². The second kappa shape index (κ2) is 6.05. The number of rotatable bonds is 2. The van der Waals surface area contributed by atoms with E-state index in [2.05, 4.69) is 0 Å². The molecular formula is C17H14ClNO5. The summed E-state index contributed by atoms with van der Waals surface area (Å²) in [5.41, 5.74) is 6.00. The fourth-order valence-corrected chi connectivity index (χ4v) is 2.99. The molecule has 7 heteroatoms. The highest BCUT2D eigenvalue weighted by Crippen LogP contribution is 2.43. The van der Waals surface area contributed by atoms with Gasteiger partial charge in [-0.3, -0.25) is 0 Å². The Bertz CT molecular complexity index is 915. The second-order valence-electron chi connectivity index (χ2n) is 5.25. The number of aryl methyl sites for hydroxylation is 1. The quantitative estimate of drug-likeness (QED) is 0.839. The monoisotopic (exact) mass is 347 g/mol. The molecule has 2 N–H and O–H groups in total. The van der Waals surface area contributed by atoms with Crippen molar-refractivity contribution in [2.45, 2.75) is 12.8 Å². The van der Waals surface area contributed by atoms with Gasteiger partial charge in [-0.25, -0.2) is 9.59 Å². The number of fused-ring (bicyclic) bond motifs is 1. The van der Waals surface area contributed by atoms with Crippen molar-refractivity contribution in [3.05, 3.63) is 74.1 Å². The van der Waals surface area contributed by atoms with E-state index in [4.69, 9.17) is 31.2 Å². The number of hydrogen-bond donors (Lipinski definition) is 1.